The van der Waals surface area contributed by atoms with Crippen LogP contribution in [0, 0.1) is 11.7 Å². The zero-order valence-electron chi connectivity index (χ0n) is 13.2. The highest BCUT2D eigenvalue weighted by Crippen LogP contribution is 2.18. The van der Waals surface area contributed by atoms with Crippen LogP contribution in [0.25, 0.3) is 0 Å². The average Bonchev–Trinajstić information content (AvgIpc) is 2.51. The van der Waals surface area contributed by atoms with Crippen molar-refractivity contribution < 1.29 is 4.39 Å². The van der Waals surface area contributed by atoms with Gasteiger partial charge in [0.05, 0.1) is 6.54 Å². The number of nitrogens with two attached hydrogens (primary N) is 1. The summed E-state index contributed by atoms with van der Waals surface area (Å²) in [6.45, 7) is 5.04. The van der Waals surface area contributed by atoms with Gasteiger partial charge in [-0.25, -0.2) is 4.39 Å². The number of hydrogen-bond acceptors (Lipinski definition) is 6. The molecule has 0 unspecified atom stereocenters. The van der Waals surface area contributed by atoms with Gasteiger partial charge in [-0.05, 0) is 56.1 Å². The molecule has 0 spiro atoms. The van der Waals surface area contributed by atoms with Gasteiger partial charge in [0.2, 0.25) is 11.9 Å². The molecule has 1 aliphatic rings. The summed E-state index contributed by atoms with van der Waals surface area (Å²) in [5, 5.41) is 3.03. The Kier molecular flexibility index (Phi) is 4.66. The molecule has 23 heavy (non-hydrogen) atoms. The molecule has 1 fully saturated rings. The molecule has 7 heteroatoms. The van der Waals surface area contributed by atoms with Gasteiger partial charge in [0.15, 0.2) is 0 Å². The number of hydrogen-bond donors (Lipinski definition) is 2. The topological polar surface area (TPSA) is 80.0 Å². The van der Waals surface area contributed by atoms with E-state index >= 15 is 0 Å². The summed E-state index contributed by atoms with van der Waals surface area (Å²) in [7, 11) is 0. The van der Waals surface area contributed by atoms with Gasteiger partial charge in [-0.2, -0.15) is 15.0 Å². The molecule has 1 aromatic heterocycles. The molecule has 1 aliphatic heterocycles. The van der Waals surface area contributed by atoms with Crippen molar-refractivity contribution in [2.75, 3.05) is 24.1 Å². The first-order chi connectivity index (χ1) is 11.1. The Hall–Kier alpha value is -2.28. The molecule has 2 heterocycles. The van der Waals surface area contributed by atoms with Crippen LogP contribution < -0.4 is 11.1 Å². The van der Waals surface area contributed by atoms with E-state index in [9.17, 15) is 4.39 Å². The number of nitrogens with one attached hydrogen (secondary N) is 1. The number of rotatable bonds is 4. The zero-order valence-corrected chi connectivity index (χ0v) is 13.2. The predicted octanol–water partition coefficient (Wildman–Crippen LogP) is 2.57. The number of piperidine rings is 1. The summed E-state index contributed by atoms with van der Waals surface area (Å²) in [5.74, 6) is 1.71. The largest absolute Gasteiger partial charge is 0.368 e. The first-order valence-electron chi connectivity index (χ1n) is 7.84. The Bertz CT molecular complexity index is 652. The molecule has 1 saturated heterocycles. The molecule has 1 aromatic carbocycles. The number of nitrogen functional groups attached to an aromatic ring is 1. The van der Waals surface area contributed by atoms with Gasteiger partial charge in [-0.3, -0.25) is 4.90 Å². The van der Waals surface area contributed by atoms with Gasteiger partial charge in [0.25, 0.3) is 0 Å². The van der Waals surface area contributed by atoms with Crippen molar-refractivity contribution in [2.45, 2.75) is 26.3 Å². The maximum absolute atomic E-state index is 12.9. The van der Waals surface area contributed by atoms with E-state index in [2.05, 4.69) is 32.1 Å². The van der Waals surface area contributed by atoms with Crippen molar-refractivity contribution in [1.29, 1.82) is 0 Å². The summed E-state index contributed by atoms with van der Waals surface area (Å²) < 4.78 is 12.9. The fraction of sp³-hybridized carbons (Fsp3) is 0.438. The molecule has 0 atom stereocenters. The number of halogens is 1. The predicted molar refractivity (Wildman–Crippen MR) is 87.6 cm³/mol. The first-order valence-corrected chi connectivity index (χ1v) is 7.84. The van der Waals surface area contributed by atoms with Crippen molar-refractivity contribution in [3.8, 4) is 0 Å². The molecule has 0 radical (unpaired) electrons. The van der Waals surface area contributed by atoms with Gasteiger partial charge in [-0.15, -0.1) is 0 Å². The zero-order chi connectivity index (χ0) is 16.2. The van der Waals surface area contributed by atoms with Crippen LogP contribution in [-0.2, 0) is 6.54 Å². The van der Waals surface area contributed by atoms with Crippen LogP contribution in [0.2, 0.25) is 0 Å². The number of anilines is 3. The van der Waals surface area contributed by atoms with Crippen LogP contribution in [-0.4, -0.2) is 32.9 Å². The fourth-order valence-corrected chi connectivity index (χ4v) is 2.65. The second kappa shape index (κ2) is 6.87. The van der Waals surface area contributed by atoms with Gasteiger partial charge in [-0.1, -0.05) is 6.92 Å². The van der Waals surface area contributed by atoms with Crippen LogP contribution in [0.1, 0.15) is 25.6 Å². The van der Waals surface area contributed by atoms with E-state index in [1.54, 1.807) is 12.1 Å². The van der Waals surface area contributed by atoms with E-state index in [4.69, 9.17) is 5.73 Å². The van der Waals surface area contributed by atoms with Crippen molar-refractivity contribution in [3.05, 3.63) is 35.9 Å². The summed E-state index contributed by atoms with van der Waals surface area (Å²) in [4.78, 5) is 15.1. The van der Waals surface area contributed by atoms with E-state index in [1.165, 1.54) is 25.0 Å². The summed E-state index contributed by atoms with van der Waals surface area (Å²) in [5.41, 5.74) is 6.49. The lowest BCUT2D eigenvalue weighted by atomic mass is 9.99. The molecular weight excluding hydrogens is 295 g/mol. The number of aromatic nitrogens is 3. The van der Waals surface area contributed by atoms with Crippen molar-refractivity contribution in [3.63, 3.8) is 0 Å². The van der Waals surface area contributed by atoms with Crippen LogP contribution in [0.5, 0.6) is 0 Å². The molecule has 3 rings (SSSR count). The molecule has 2 aromatic rings. The Morgan fingerprint density at radius 2 is 1.87 bits per heavy atom. The second-order valence-corrected chi connectivity index (χ2v) is 6.02. The van der Waals surface area contributed by atoms with Crippen LogP contribution >= 0.6 is 0 Å². The average molecular weight is 316 g/mol. The quantitative estimate of drug-likeness (QED) is 0.902. The highest BCUT2D eigenvalue weighted by molar-refractivity contribution is 5.53. The Morgan fingerprint density at radius 3 is 2.57 bits per heavy atom. The highest BCUT2D eigenvalue weighted by Gasteiger charge is 2.17. The third kappa shape index (κ3) is 4.35. The molecule has 0 aliphatic carbocycles. The monoisotopic (exact) mass is 316 g/mol. The lowest BCUT2D eigenvalue weighted by Gasteiger charge is -2.29. The van der Waals surface area contributed by atoms with E-state index in [1.807, 2.05) is 0 Å². The highest BCUT2D eigenvalue weighted by atomic mass is 19.1. The molecule has 3 N–H and O–H groups in total. The van der Waals surface area contributed by atoms with Gasteiger partial charge in [0, 0.05) is 5.69 Å². The van der Waals surface area contributed by atoms with Gasteiger partial charge >= 0.3 is 0 Å². The third-order valence-corrected chi connectivity index (χ3v) is 4.04. The Balaban J connectivity index is 1.70. The van der Waals surface area contributed by atoms with E-state index in [-0.39, 0.29) is 11.8 Å². The second-order valence-electron chi connectivity index (χ2n) is 6.02. The Labute approximate surface area is 135 Å². The van der Waals surface area contributed by atoms with Crippen LogP contribution in [0.4, 0.5) is 22.0 Å². The molecule has 0 bridgehead atoms. The molecule has 0 saturated carbocycles. The standard InChI is InChI=1S/C16H21FN6/c1-11-6-8-23(9-7-11)10-14-20-15(18)22-16(21-14)19-13-4-2-12(17)3-5-13/h2-5,11H,6-10H2,1H3,(H3,18,19,20,21,22). The summed E-state index contributed by atoms with van der Waals surface area (Å²) >= 11 is 0. The van der Waals surface area contributed by atoms with Crippen molar-refractivity contribution in [2.24, 2.45) is 5.92 Å². The lowest BCUT2D eigenvalue weighted by Crippen LogP contribution is -2.33. The number of benzene rings is 1. The number of nitrogens with zero attached hydrogens (tertiary/aromatic N) is 4. The van der Waals surface area contributed by atoms with Gasteiger partial charge < -0.3 is 11.1 Å². The first kappa shape index (κ1) is 15.6. The van der Waals surface area contributed by atoms with Crippen LogP contribution in [0.15, 0.2) is 24.3 Å². The summed E-state index contributed by atoms with van der Waals surface area (Å²) in [6, 6.07) is 6.01. The molecule has 6 nitrogen and oxygen atoms in total. The molecule has 122 valence electrons. The van der Waals surface area contributed by atoms with E-state index in [0.717, 1.165) is 19.0 Å². The number of likely N-dealkylation sites (tertiary alicyclic amines) is 1. The Morgan fingerprint density at radius 1 is 1.17 bits per heavy atom. The normalized spacial score (nSPS) is 16.4. The van der Waals surface area contributed by atoms with E-state index in [0.29, 0.717) is 24.0 Å². The minimum atomic E-state index is -0.286. The van der Waals surface area contributed by atoms with Gasteiger partial charge in [0.1, 0.15) is 11.6 Å². The molecule has 0 amide bonds. The SMILES string of the molecule is CC1CCN(Cc2nc(N)nc(Nc3ccc(F)cc3)n2)CC1. The minimum absolute atomic E-state index is 0.185. The maximum atomic E-state index is 12.9. The lowest BCUT2D eigenvalue weighted by molar-refractivity contribution is 0.181. The smallest absolute Gasteiger partial charge is 0.232 e. The summed E-state index contributed by atoms with van der Waals surface area (Å²) in [6.07, 6.45) is 2.39. The van der Waals surface area contributed by atoms with Crippen molar-refractivity contribution in [1.82, 2.24) is 19.9 Å². The van der Waals surface area contributed by atoms with E-state index < -0.39 is 0 Å². The third-order valence-electron chi connectivity index (χ3n) is 4.04. The fourth-order valence-electron chi connectivity index (χ4n) is 2.65. The minimum Gasteiger partial charge on any atom is -0.368 e. The van der Waals surface area contributed by atoms with Crippen LogP contribution in [0.3, 0.4) is 0 Å². The van der Waals surface area contributed by atoms with Crippen molar-refractivity contribution >= 4 is 17.6 Å². The maximum Gasteiger partial charge on any atom is 0.232 e. The molecular formula is C16H21FN6.